The lowest BCUT2D eigenvalue weighted by Crippen LogP contribution is -2.12. The molecule has 0 aliphatic carbocycles. The third kappa shape index (κ3) is 2.17. The van der Waals surface area contributed by atoms with Crippen LogP contribution in [0.1, 0.15) is 25.0 Å². The molecule has 0 aromatic heterocycles. The number of carbonyl (C=O) groups excluding carboxylic acids is 1. The lowest BCUT2D eigenvalue weighted by Gasteiger charge is -2.19. The van der Waals surface area contributed by atoms with Gasteiger partial charge >= 0.3 is 5.97 Å². The van der Waals surface area contributed by atoms with E-state index in [1.165, 1.54) is 0 Å². The van der Waals surface area contributed by atoms with E-state index in [1.54, 1.807) is 6.07 Å². The lowest BCUT2D eigenvalue weighted by atomic mass is 10.0. The molecule has 0 spiro atoms. The highest BCUT2D eigenvalue weighted by Gasteiger charge is 2.48. The summed E-state index contributed by atoms with van der Waals surface area (Å²) in [6.45, 7) is 5.06. The van der Waals surface area contributed by atoms with Crippen LogP contribution in [0.4, 0.5) is 0 Å². The van der Waals surface area contributed by atoms with Crippen LogP contribution in [-0.4, -0.2) is 30.9 Å². The molecule has 0 amide bonds. The molecule has 1 atom stereocenters. The van der Waals surface area contributed by atoms with Crippen molar-refractivity contribution in [3.05, 3.63) is 29.3 Å². The third-order valence-corrected chi connectivity index (χ3v) is 4.05. The number of esters is 1. The first-order valence-electron chi connectivity index (χ1n) is 7.04. The minimum atomic E-state index is -0.230. The highest BCUT2D eigenvalue weighted by molar-refractivity contribution is 5.83. The highest BCUT2D eigenvalue weighted by Crippen LogP contribution is 2.40. The van der Waals surface area contributed by atoms with E-state index in [0.717, 1.165) is 16.9 Å². The summed E-state index contributed by atoms with van der Waals surface area (Å²) in [5.74, 6) is 1.83. The Kier molecular flexibility index (Phi) is 2.57. The van der Waals surface area contributed by atoms with Crippen molar-refractivity contribution in [3.63, 3.8) is 0 Å². The van der Waals surface area contributed by atoms with Gasteiger partial charge < -0.3 is 18.9 Å². The Morgan fingerprint density at radius 1 is 1.33 bits per heavy atom. The normalized spacial score (nSPS) is 24.4. The summed E-state index contributed by atoms with van der Waals surface area (Å²) >= 11 is 0. The first-order chi connectivity index (χ1) is 10.0. The average Bonchev–Trinajstić information content (AvgIpc) is 2.87. The molecule has 0 unspecified atom stereocenters. The van der Waals surface area contributed by atoms with E-state index < -0.39 is 0 Å². The van der Waals surface area contributed by atoms with Crippen molar-refractivity contribution in [2.45, 2.75) is 32.0 Å². The van der Waals surface area contributed by atoms with E-state index in [1.807, 2.05) is 26.0 Å². The van der Waals surface area contributed by atoms with Gasteiger partial charge in [0.2, 0.25) is 0 Å². The quantitative estimate of drug-likeness (QED) is 0.484. The zero-order valence-electron chi connectivity index (χ0n) is 12.0. The van der Waals surface area contributed by atoms with Gasteiger partial charge in [-0.15, -0.1) is 0 Å². The van der Waals surface area contributed by atoms with Crippen LogP contribution >= 0.6 is 0 Å². The van der Waals surface area contributed by atoms with E-state index in [2.05, 4.69) is 0 Å². The molecule has 0 bridgehead atoms. The summed E-state index contributed by atoms with van der Waals surface area (Å²) in [4.78, 5) is 11.4. The van der Waals surface area contributed by atoms with Crippen molar-refractivity contribution in [1.29, 1.82) is 0 Å². The fourth-order valence-electron chi connectivity index (χ4n) is 2.65. The van der Waals surface area contributed by atoms with Gasteiger partial charge in [-0.2, -0.15) is 0 Å². The summed E-state index contributed by atoms with van der Waals surface area (Å²) in [6, 6.07) is 3.68. The van der Waals surface area contributed by atoms with Gasteiger partial charge in [-0.05, 0) is 26.0 Å². The van der Waals surface area contributed by atoms with Gasteiger partial charge in [0.05, 0.1) is 17.6 Å². The summed E-state index contributed by atoms with van der Waals surface area (Å²) in [5, 5.41) is 0. The molecule has 0 radical (unpaired) electrons. The molecular weight excluding hydrogens is 272 g/mol. The van der Waals surface area contributed by atoms with Gasteiger partial charge in [0.15, 0.2) is 0 Å². The molecule has 3 aliphatic heterocycles. The van der Waals surface area contributed by atoms with Crippen molar-refractivity contribution < 1.29 is 23.7 Å². The molecule has 1 saturated heterocycles. The molecular formula is C16H16O5. The van der Waals surface area contributed by atoms with Crippen molar-refractivity contribution in [3.8, 4) is 11.5 Å². The van der Waals surface area contributed by atoms with Gasteiger partial charge in [0.1, 0.15) is 36.6 Å². The van der Waals surface area contributed by atoms with E-state index in [9.17, 15) is 4.79 Å². The van der Waals surface area contributed by atoms with Crippen LogP contribution in [0, 0.1) is 0 Å². The molecule has 5 heteroatoms. The van der Waals surface area contributed by atoms with Crippen LogP contribution in [0.5, 0.6) is 11.5 Å². The summed E-state index contributed by atoms with van der Waals surface area (Å²) < 4.78 is 22.2. The summed E-state index contributed by atoms with van der Waals surface area (Å²) in [7, 11) is 0. The zero-order chi connectivity index (χ0) is 14.6. The number of carbonyl (C=O) groups is 1. The molecule has 110 valence electrons. The Morgan fingerprint density at radius 3 is 2.90 bits per heavy atom. The first-order valence-corrected chi connectivity index (χ1v) is 7.04. The maximum atomic E-state index is 11.4. The smallest absolute Gasteiger partial charge is 0.315 e. The highest BCUT2D eigenvalue weighted by atomic mass is 16.6. The third-order valence-electron chi connectivity index (χ3n) is 4.05. The maximum Gasteiger partial charge on any atom is 0.315 e. The van der Waals surface area contributed by atoms with Crippen molar-refractivity contribution in [2.75, 3.05) is 13.2 Å². The molecule has 0 saturated carbocycles. The minimum absolute atomic E-state index is 0.0905. The van der Waals surface area contributed by atoms with Gasteiger partial charge in [-0.1, -0.05) is 0 Å². The van der Waals surface area contributed by atoms with E-state index >= 15 is 0 Å². The van der Waals surface area contributed by atoms with Crippen LogP contribution in [0.3, 0.4) is 0 Å². The van der Waals surface area contributed by atoms with Crippen molar-refractivity contribution in [2.24, 2.45) is 0 Å². The standard InChI is InChI=1S/C16H16O5/c1-16(2)14(21-16)8-19-11-3-4-18-13-7-12-9(5-10(11)13)6-15(17)20-12/h3,5,7,14H,4,6,8H2,1-2H3/t14-/m0/s1. The molecule has 5 nitrogen and oxygen atoms in total. The van der Waals surface area contributed by atoms with Crippen molar-refractivity contribution in [1.82, 2.24) is 0 Å². The van der Waals surface area contributed by atoms with Crippen LogP contribution < -0.4 is 9.47 Å². The van der Waals surface area contributed by atoms with Crippen LogP contribution in [0.2, 0.25) is 0 Å². The van der Waals surface area contributed by atoms with Gasteiger partial charge in [-0.25, -0.2) is 0 Å². The number of fused-ring (bicyclic) bond motifs is 2. The van der Waals surface area contributed by atoms with E-state index in [-0.39, 0.29) is 17.7 Å². The number of hydrogen-bond acceptors (Lipinski definition) is 5. The molecule has 21 heavy (non-hydrogen) atoms. The second-order valence-electron chi connectivity index (χ2n) is 6.01. The second kappa shape index (κ2) is 4.24. The Morgan fingerprint density at radius 2 is 2.14 bits per heavy atom. The monoisotopic (exact) mass is 288 g/mol. The Balaban J connectivity index is 1.57. The Bertz CT molecular complexity index is 659. The number of benzene rings is 1. The molecule has 1 aromatic carbocycles. The minimum Gasteiger partial charge on any atom is -0.490 e. The Labute approximate surface area is 122 Å². The van der Waals surface area contributed by atoms with Gasteiger partial charge in [0, 0.05) is 11.6 Å². The molecule has 1 aromatic rings. The Hall–Kier alpha value is -2.01. The number of ether oxygens (including phenoxy) is 4. The largest absolute Gasteiger partial charge is 0.490 e. The fourth-order valence-corrected chi connectivity index (χ4v) is 2.65. The van der Waals surface area contributed by atoms with Crippen LogP contribution in [-0.2, 0) is 20.7 Å². The summed E-state index contributed by atoms with van der Waals surface area (Å²) in [6.07, 6.45) is 2.33. The van der Waals surface area contributed by atoms with Gasteiger partial charge in [-0.3, -0.25) is 4.79 Å². The molecule has 3 aliphatic rings. The molecule has 0 N–H and O–H groups in total. The number of epoxide rings is 1. The molecule has 3 heterocycles. The topological polar surface area (TPSA) is 57.3 Å². The predicted octanol–water partition coefficient (Wildman–Crippen LogP) is 2.08. The van der Waals surface area contributed by atoms with Gasteiger partial charge in [0.25, 0.3) is 0 Å². The van der Waals surface area contributed by atoms with E-state index in [4.69, 9.17) is 18.9 Å². The van der Waals surface area contributed by atoms with Crippen LogP contribution in [0.15, 0.2) is 18.2 Å². The number of rotatable bonds is 3. The maximum absolute atomic E-state index is 11.4. The predicted molar refractivity (Wildman–Crippen MR) is 74.2 cm³/mol. The SMILES string of the molecule is CC1(C)O[C@H]1COC1=CCOc2cc3c(cc21)CC(=O)O3. The average molecular weight is 288 g/mol. The van der Waals surface area contributed by atoms with E-state index in [0.29, 0.717) is 31.1 Å². The summed E-state index contributed by atoms with van der Waals surface area (Å²) in [5.41, 5.74) is 1.66. The fraction of sp³-hybridized carbons (Fsp3) is 0.438. The first kappa shape index (κ1) is 12.7. The van der Waals surface area contributed by atoms with Crippen molar-refractivity contribution >= 4 is 11.7 Å². The lowest BCUT2D eigenvalue weighted by molar-refractivity contribution is -0.131. The molecule has 4 rings (SSSR count). The zero-order valence-corrected chi connectivity index (χ0v) is 12.0. The van der Waals surface area contributed by atoms with Crippen LogP contribution in [0.25, 0.3) is 5.76 Å². The number of hydrogen-bond donors (Lipinski definition) is 0. The second-order valence-corrected chi connectivity index (χ2v) is 6.01. The molecule has 1 fully saturated rings.